The Morgan fingerprint density at radius 3 is 2.62 bits per heavy atom. The number of hydrogen-bond donors (Lipinski definition) is 1. The van der Waals surface area contributed by atoms with Crippen LogP contribution in [0.5, 0.6) is 0 Å². The molecule has 0 spiro atoms. The van der Waals surface area contributed by atoms with Crippen molar-refractivity contribution in [2.45, 2.75) is 26.4 Å². The van der Waals surface area contributed by atoms with E-state index < -0.39 is 18.0 Å². The van der Waals surface area contributed by atoms with Crippen LogP contribution in [0.25, 0.3) is 10.6 Å². The number of carbonyl (C=O) groups is 2. The third kappa shape index (κ3) is 4.13. The monoisotopic (exact) mass is 304 g/mol. The zero-order chi connectivity index (χ0) is 15.4. The first-order chi connectivity index (χ1) is 9.95. The highest BCUT2D eigenvalue weighted by molar-refractivity contribution is 7.13. The van der Waals surface area contributed by atoms with Gasteiger partial charge in [-0.3, -0.25) is 9.59 Å². The van der Waals surface area contributed by atoms with Crippen molar-refractivity contribution in [3.8, 4) is 10.6 Å². The summed E-state index contributed by atoms with van der Waals surface area (Å²) in [5, 5.41) is 2.66. The van der Waals surface area contributed by atoms with Crippen molar-refractivity contribution < 1.29 is 14.3 Å². The second-order valence-corrected chi connectivity index (χ2v) is 5.58. The molecule has 0 unspecified atom stereocenters. The average Bonchev–Trinajstić information content (AvgIpc) is 2.87. The quantitative estimate of drug-likeness (QED) is 0.857. The van der Waals surface area contributed by atoms with Crippen LogP contribution >= 0.6 is 11.3 Å². The number of primary amides is 1. The number of carbonyl (C=O) groups excluding carboxylic acids is 2. The molecular formula is C15H16N2O3S. The number of rotatable bonds is 5. The minimum absolute atomic E-state index is 0.0278. The van der Waals surface area contributed by atoms with E-state index >= 15 is 0 Å². The first-order valence-corrected chi connectivity index (χ1v) is 7.34. The lowest BCUT2D eigenvalue weighted by atomic mass is 10.2. The maximum atomic E-state index is 11.7. The van der Waals surface area contributed by atoms with Crippen LogP contribution in [0.3, 0.4) is 0 Å². The summed E-state index contributed by atoms with van der Waals surface area (Å²) >= 11 is 1.47. The maximum absolute atomic E-state index is 11.7. The molecule has 0 radical (unpaired) electrons. The molecule has 1 atom stereocenters. The minimum atomic E-state index is -0.923. The van der Waals surface area contributed by atoms with Crippen LogP contribution in [0.4, 0.5) is 0 Å². The summed E-state index contributed by atoms with van der Waals surface area (Å²) in [6, 6.07) is 8.01. The predicted octanol–water partition coefficient (Wildman–Crippen LogP) is 2.08. The zero-order valence-electron chi connectivity index (χ0n) is 11.8. The van der Waals surface area contributed by atoms with Gasteiger partial charge in [0.25, 0.3) is 5.91 Å². The van der Waals surface area contributed by atoms with Gasteiger partial charge in [-0.05, 0) is 13.8 Å². The summed E-state index contributed by atoms with van der Waals surface area (Å²) in [7, 11) is 0. The third-order valence-corrected chi connectivity index (χ3v) is 3.82. The standard InChI is InChI=1S/C15H16N2O3S/c1-9-3-5-11(6-4-9)15-17-12(8-21-15)7-13(18)20-10(2)14(16)19/h3-6,8,10H,7H2,1-2H3,(H2,16,19)/t10-/m0/s1. The average molecular weight is 304 g/mol. The number of ether oxygens (including phenoxy) is 1. The highest BCUT2D eigenvalue weighted by Gasteiger charge is 2.16. The molecule has 0 aliphatic rings. The van der Waals surface area contributed by atoms with Gasteiger partial charge in [0.05, 0.1) is 12.1 Å². The van der Waals surface area contributed by atoms with Crippen LogP contribution in [-0.2, 0) is 20.7 Å². The fraction of sp³-hybridized carbons (Fsp3) is 0.267. The summed E-state index contributed by atoms with van der Waals surface area (Å²) in [5.41, 5.74) is 7.85. The Kier molecular flexibility index (Phi) is 4.70. The zero-order valence-corrected chi connectivity index (χ0v) is 12.6. The van der Waals surface area contributed by atoms with E-state index in [0.29, 0.717) is 5.69 Å². The predicted molar refractivity (Wildman–Crippen MR) is 80.7 cm³/mol. The van der Waals surface area contributed by atoms with E-state index in [1.54, 1.807) is 0 Å². The number of aromatic nitrogens is 1. The van der Waals surface area contributed by atoms with Crippen LogP contribution in [-0.4, -0.2) is 23.0 Å². The van der Waals surface area contributed by atoms with E-state index in [-0.39, 0.29) is 6.42 Å². The number of thiazole rings is 1. The topological polar surface area (TPSA) is 82.3 Å². The fourth-order valence-electron chi connectivity index (χ4n) is 1.66. The van der Waals surface area contributed by atoms with Gasteiger partial charge in [-0.15, -0.1) is 11.3 Å². The minimum Gasteiger partial charge on any atom is -0.452 e. The molecule has 1 aromatic heterocycles. The van der Waals surface area contributed by atoms with Crippen molar-refractivity contribution in [3.63, 3.8) is 0 Å². The van der Waals surface area contributed by atoms with E-state index in [0.717, 1.165) is 10.6 Å². The van der Waals surface area contributed by atoms with Crippen molar-refractivity contribution >= 4 is 23.2 Å². The van der Waals surface area contributed by atoms with Gasteiger partial charge in [0.1, 0.15) is 5.01 Å². The summed E-state index contributed by atoms with van der Waals surface area (Å²) < 4.78 is 4.90. The number of benzene rings is 1. The molecule has 1 heterocycles. The van der Waals surface area contributed by atoms with Gasteiger partial charge >= 0.3 is 5.97 Å². The fourth-order valence-corrected chi connectivity index (χ4v) is 2.49. The summed E-state index contributed by atoms with van der Waals surface area (Å²) in [6.07, 6.45) is -0.896. The lowest BCUT2D eigenvalue weighted by molar-refractivity contribution is -0.153. The molecular weight excluding hydrogens is 288 g/mol. The van der Waals surface area contributed by atoms with Gasteiger partial charge in [-0.1, -0.05) is 29.8 Å². The Bertz CT molecular complexity index is 649. The molecule has 6 heteroatoms. The Labute approximate surface area is 126 Å². The van der Waals surface area contributed by atoms with Gasteiger partial charge in [0, 0.05) is 10.9 Å². The van der Waals surface area contributed by atoms with Gasteiger partial charge in [0.2, 0.25) is 0 Å². The van der Waals surface area contributed by atoms with Crippen molar-refractivity contribution in [1.82, 2.24) is 4.98 Å². The van der Waals surface area contributed by atoms with Crippen LogP contribution in [0.1, 0.15) is 18.2 Å². The van der Waals surface area contributed by atoms with Crippen LogP contribution in [0.2, 0.25) is 0 Å². The first-order valence-electron chi connectivity index (χ1n) is 6.46. The molecule has 0 bridgehead atoms. The Balaban J connectivity index is 2.01. The van der Waals surface area contributed by atoms with Crippen LogP contribution in [0.15, 0.2) is 29.6 Å². The Morgan fingerprint density at radius 2 is 2.00 bits per heavy atom. The highest BCUT2D eigenvalue weighted by atomic mass is 32.1. The number of aryl methyl sites for hydroxylation is 1. The van der Waals surface area contributed by atoms with E-state index in [1.165, 1.54) is 23.8 Å². The summed E-state index contributed by atoms with van der Waals surface area (Å²) in [5.74, 6) is -1.18. The lowest BCUT2D eigenvalue weighted by Gasteiger charge is -2.08. The molecule has 110 valence electrons. The van der Waals surface area contributed by atoms with E-state index in [4.69, 9.17) is 10.5 Å². The Morgan fingerprint density at radius 1 is 1.33 bits per heavy atom. The van der Waals surface area contributed by atoms with E-state index in [9.17, 15) is 9.59 Å². The summed E-state index contributed by atoms with van der Waals surface area (Å²) in [4.78, 5) is 26.9. The first kappa shape index (κ1) is 15.2. The van der Waals surface area contributed by atoms with Crippen LogP contribution < -0.4 is 5.73 Å². The van der Waals surface area contributed by atoms with Gasteiger partial charge in [-0.25, -0.2) is 4.98 Å². The molecule has 0 saturated carbocycles. The normalized spacial score (nSPS) is 11.9. The molecule has 2 rings (SSSR count). The van der Waals surface area contributed by atoms with Crippen molar-refractivity contribution in [2.24, 2.45) is 5.73 Å². The molecule has 1 amide bonds. The van der Waals surface area contributed by atoms with E-state index in [1.807, 2.05) is 36.6 Å². The smallest absolute Gasteiger partial charge is 0.312 e. The number of hydrogen-bond acceptors (Lipinski definition) is 5. The van der Waals surface area contributed by atoms with Crippen molar-refractivity contribution in [2.75, 3.05) is 0 Å². The molecule has 2 N–H and O–H groups in total. The Hall–Kier alpha value is -2.21. The van der Waals surface area contributed by atoms with E-state index in [2.05, 4.69) is 4.98 Å². The number of nitrogens with two attached hydrogens (primary N) is 1. The lowest BCUT2D eigenvalue weighted by Crippen LogP contribution is -2.30. The second-order valence-electron chi connectivity index (χ2n) is 4.72. The number of amides is 1. The van der Waals surface area contributed by atoms with Gasteiger partial charge in [-0.2, -0.15) is 0 Å². The van der Waals surface area contributed by atoms with Gasteiger partial charge in [0.15, 0.2) is 6.10 Å². The molecule has 21 heavy (non-hydrogen) atoms. The second kappa shape index (κ2) is 6.49. The third-order valence-electron chi connectivity index (χ3n) is 2.88. The number of esters is 1. The maximum Gasteiger partial charge on any atom is 0.312 e. The molecule has 2 aromatic rings. The number of nitrogens with zero attached hydrogens (tertiary/aromatic N) is 1. The molecule has 0 fully saturated rings. The molecule has 5 nitrogen and oxygen atoms in total. The largest absolute Gasteiger partial charge is 0.452 e. The molecule has 0 saturated heterocycles. The summed E-state index contributed by atoms with van der Waals surface area (Å²) in [6.45, 7) is 3.46. The van der Waals surface area contributed by atoms with Crippen molar-refractivity contribution in [1.29, 1.82) is 0 Å². The molecule has 1 aromatic carbocycles. The molecule has 0 aliphatic carbocycles. The molecule has 0 aliphatic heterocycles. The SMILES string of the molecule is Cc1ccc(-c2nc(CC(=O)O[C@@H](C)C(N)=O)cs2)cc1. The highest BCUT2D eigenvalue weighted by Crippen LogP contribution is 2.24. The van der Waals surface area contributed by atoms with Crippen molar-refractivity contribution in [3.05, 3.63) is 40.9 Å². The van der Waals surface area contributed by atoms with Gasteiger partial charge < -0.3 is 10.5 Å². The van der Waals surface area contributed by atoms with Crippen LogP contribution in [0, 0.1) is 6.92 Å².